The molecule has 1 aliphatic heterocycles. The number of Topliss-reactive ketones (excluding diaryl/α,β-unsaturated/α-hetero) is 1. The Morgan fingerprint density at radius 3 is 2.24 bits per heavy atom. The Bertz CT molecular complexity index is 1070. The summed E-state index contributed by atoms with van der Waals surface area (Å²) >= 11 is 0. The largest absolute Gasteiger partial charge is 0.507 e. The molecule has 1 aliphatic rings. The summed E-state index contributed by atoms with van der Waals surface area (Å²) in [5.74, 6) is 0.225. The minimum Gasteiger partial charge on any atom is -0.507 e. The molecule has 0 spiro atoms. The van der Waals surface area contributed by atoms with Gasteiger partial charge in [0, 0.05) is 12.1 Å². The van der Waals surface area contributed by atoms with E-state index in [1.807, 2.05) is 27.7 Å². The van der Waals surface area contributed by atoms with Gasteiger partial charge in [-0.3, -0.25) is 9.59 Å². The van der Waals surface area contributed by atoms with Crippen molar-refractivity contribution in [2.24, 2.45) is 0 Å². The number of benzene rings is 2. The number of aliphatic hydroxyl groups excluding tert-OH is 1. The van der Waals surface area contributed by atoms with Crippen LogP contribution in [0.15, 0.2) is 42.0 Å². The van der Waals surface area contributed by atoms with Crippen molar-refractivity contribution in [1.82, 2.24) is 4.90 Å². The molecule has 1 atom stereocenters. The Kier molecular flexibility index (Phi) is 7.63. The topological polar surface area (TPSA) is 85.3 Å². The SMILES string of the molecule is CCCN1C(=O)C(=O)/C(=C(\O)c2ccc(OCC)c(C)c2)C1c1ccc(OC)c(OCC)c1. The first kappa shape index (κ1) is 24.2. The van der Waals surface area contributed by atoms with Gasteiger partial charge in [-0.25, -0.2) is 0 Å². The molecule has 0 radical (unpaired) electrons. The average molecular weight is 454 g/mol. The van der Waals surface area contributed by atoms with Crippen molar-refractivity contribution in [2.45, 2.75) is 40.2 Å². The van der Waals surface area contributed by atoms with Crippen LogP contribution in [-0.4, -0.2) is 48.6 Å². The highest BCUT2D eigenvalue weighted by Crippen LogP contribution is 2.42. The zero-order valence-electron chi connectivity index (χ0n) is 19.8. The van der Waals surface area contributed by atoms with Gasteiger partial charge >= 0.3 is 0 Å². The quantitative estimate of drug-likeness (QED) is 0.338. The van der Waals surface area contributed by atoms with Crippen LogP contribution in [0.5, 0.6) is 17.2 Å². The number of methoxy groups -OCH3 is 1. The van der Waals surface area contributed by atoms with Crippen LogP contribution >= 0.6 is 0 Å². The fourth-order valence-electron chi connectivity index (χ4n) is 4.10. The lowest BCUT2D eigenvalue weighted by Crippen LogP contribution is -2.30. The van der Waals surface area contributed by atoms with Gasteiger partial charge in [0.15, 0.2) is 11.5 Å². The Morgan fingerprint density at radius 1 is 0.970 bits per heavy atom. The van der Waals surface area contributed by atoms with E-state index in [1.54, 1.807) is 43.5 Å². The molecular weight excluding hydrogens is 422 g/mol. The maximum atomic E-state index is 13.1. The maximum Gasteiger partial charge on any atom is 0.295 e. The minimum absolute atomic E-state index is 0.0598. The minimum atomic E-state index is -0.734. The molecule has 0 aliphatic carbocycles. The predicted molar refractivity (Wildman–Crippen MR) is 126 cm³/mol. The molecule has 1 fully saturated rings. The van der Waals surface area contributed by atoms with Gasteiger partial charge in [0.05, 0.1) is 31.9 Å². The van der Waals surface area contributed by atoms with Gasteiger partial charge < -0.3 is 24.2 Å². The summed E-state index contributed by atoms with van der Waals surface area (Å²) < 4.78 is 16.7. The first-order valence-corrected chi connectivity index (χ1v) is 11.2. The number of carbonyl (C=O) groups is 2. The second kappa shape index (κ2) is 10.4. The number of hydrogen-bond donors (Lipinski definition) is 1. The fourth-order valence-corrected chi connectivity index (χ4v) is 4.10. The molecule has 7 heteroatoms. The van der Waals surface area contributed by atoms with E-state index in [0.29, 0.717) is 54.6 Å². The van der Waals surface area contributed by atoms with E-state index >= 15 is 0 Å². The molecule has 2 aromatic carbocycles. The summed E-state index contributed by atoms with van der Waals surface area (Å²) in [5, 5.41) is 11.2. The summed E-state index contributed by atoms with van der Waals surface area (Å²) in [4.78, 5) is 27.5. The molecule has 1 amide bonds. The third-order valence-corrected chi connectivity index (χ3v) is 5.56. The number of aliphatic hydroxyl groups is 1. The van der Waals surface area contributed by atoms with Crippen LogP contribution in [0.2, 0.25) is 0 Å². The number of ether oxygens (including phenoxy) is 3. The molecule has 33 heavy (non-hydrogen) atoms. The average Bonchev–Trinajstić information content (AvgIpc) is 3.05. The van der Waals surface area contributed by atoms with Crippen molar-refractivity contribution in [3.63, 3.8) is 0 Å². The van der Waals surface area contributed by atoms with Gasteiger partial charge in [-0.1, -0.05) is 13.0 Å². The predicted octanol–water partition coefficient (Wildman–Crippen LogP) is 4.63. The molecule has 1 N–H and O–H groups in total. The van der Waals surface area contributed by atoms with Gasteiger partial charge in [-0.05, 0) is 68.7 Å². The van der Waals surface area contributed by atoms with Crippen LogP contribution < -0.4 is 14.2 Å². The number of hydrogen-bond acceptors (Lipinski definition) is 6. The Morgan fingerprint density at radius 2 is 1.64 bits per heavy atom. The number of carbonyl (C=O) groups excluding carboxylic acids is 2. The van der Waals surface area contributed by atoms with E-state index in [0.717, 1.165) is 5.56 Å². The summed E-state index contributed by atoms with van der Waals surface area (Å²) in [5.41, 5.74) is 2.00. The van der Waals surface area contributed by atoms with Gasteiger partial charge in [-0.2, -0.15) is 0 Å². The second-order valence-corrected chi connectivity index (χ2v) is 7.75. The zero-order valence-corrected chi connectivity index (χ0v) is 19.8. The number of rotatable bonds is 9. The van der Waals surface area contributed by atoms with Gasteiger partial charge in [0.25, 0.3) is 11.7 Å². The molecule has 0 aromatic heterocycles. The van der Waals surface area contributed by atoms with Crippen LogP contribution in [0.3, 0.4) is 0 Å². The maximum absolute atomic E-state index is 13.1. The molecular formula is C26H31NO6. The highest BCUT2D eigenvalue weighted by molar-refractivity contribution is 6.46. The molecule has 0 bridgehead atoms. The van der Waals surface area contributed by atoms with Gasteiger partial charge in [-0.15, -0.1) is 0 Å². The molecule has 176 valence electrons. The normalized spacial score (nSPS) is 17.4. The highest BCUT2D eigenvalue weighted by Gasteiger charge is 2.45. The smallest absolute Gasteiger partial charge is 0.295 e. The molecule has 7 nitrogen and oxygen atoms in total. The van der Waals surface area contributed by atoms with Crippen molar-refractivity contribution < 1.29 is 28.9 Å². The van der Waals surface area contributed by atoms with Crippen molar-refractivity contribution in [3.05, 3.63) is 58.7 Å². The summed E-state index contributed by atoms with van der Waals surface area (Å²) in [7, 11) is 1.55. The lowest BCUT2D eigenvalue weighted by atomic mass is 9.94. The third kappa shape index (κ3) is 4.67. The van der Waals surface area contributed by atoms with E-state index in [2.05, 4.69) is 0 Å². The van der Waals surface area contributed by atoms with Crippen LogP contribution in [0.4, 0.5) is 0 Å². The van der Waals surface area contributed by atoms with Crippen molar-refractivity contribution >= 4 is 17.4 Å². The molecule has 1 heterocycles. The standard InChI is InChI=1S/C26H31NO6/c1-6-13-27-23(17-9-12-20(31-5)21(15-17)33-8-3)22(25(29)26(27)30)24(28)18-10-11-19(32-7-2)16(4)14-18/h9-12,14-15,23,28H,6-8,13H2,1-5H3/b24-22-. The summed E-state index contributed by atoms with van der Waals surface area (Å²) in [6, 6.07) is 9.76. The van der Waals surface area contributed by atoms with E-state index in [4.69, 9.17) is 14.2 Å². The lowest BCUT2D eigenvalue weighted by molar-refractivity contribution is -0.139. The number of nitrogens with zero attached hydrogens (tertiary/aromatic N) is 1. The summed E-state index contributed by atoms with van der Waals surface area (Å²) in [6.45, 7) is 8.90. The number of likely N-dealkylation sites (tertiary alicyclic amines) is 1. The Labute approximate surface area is 194 Å². The van der Waals surface area contributed by atoms with Crippen LogP contribution in [0.25, 0.3) is 5.76 Å². The third-order valence-electron chi connectivity index (χ3n) is 5.56. The fraction of sp³-hybridized carbons (Fsp3) is 0.385. The van der Waals surface area contributed by atoms with E-state index in [9.17, 15) is 14.7 Å². The van der Waals surface area contributed by atoms with Crippen molar-refractivity contribution in [1.29, 1.82) is 0 Å². The second-order valence-electron chi connectivity index (χ2n) is 7.75. The monoisotopic (exact) mass is 453 g/mol. The van der Waals surface area contributed by atoms with Crippen molar-refractivity contribution in [2.75, 3.05) is 26.9 Å². The highest BCUT2D eigenvalue weighted by atomic mass is 16.5. The van der Waals surface area contributed by atoms with Crippen LogP contribution in [-0.2, 0) is 9.59 Å². The Hall–Kier alpha value is -3.48. The summed E-state index contributed by atoms with van der Waals surface area (Å²) in [6.07, 6.45) is 0.667. The first-order chi connectivity index (χ1) is 15.9. The van der Waals surface area contributed by atoms with Gasteiger partial charge in [0.2, 0.25) is 0 Å². The Balaban J connectivity index is 2.18. The van der Waals surface area contributed by atoms with Crippen LogP contribution in [0, 0.1) is 6.92 Å². The van der Waals surface area contributed by atoms with E-state index < -0.39 is 17.7 Å². The van der Waals surface area contributed by atoms with Crippen LogP contribution in [0.1, 0.15) is 49.9 Å². The number of amides is 1. The number of ketones is 1. The lowest BCUT2D eigenvalue weighted by Gasteiger charge is -2.25. The van der Waals surface area contributed by atoms with E-state index in [-0.39, 0.29) is 11.3 Å². The number of aryl methyl sites for hydroxylation is 1. The molecule has 2 aromatic rings. The molecule has 3 rings (SSSR count). The molecule has 0 saturated carbocycles. The van der Waals surface area contributed by atoms with E-state index in [1.165, 1.54) is 4.90 Å². The molecule has 1 unspecified atom stereocenters. The van der Waals surface area contributed by atoms with Gasteiger partial charge in [0.1, 0.15) is 11.5 Å². The first-order valence-electron chi connectivity index (χ1n) is 11.2. The molecule has 1 saturated heterocycles. The zero-order chi connectivity index (χ0) is 24.1. The van der Waals surface area contributed by atoms with Crippen molar-refractivity contribution in [3.8, 4) is 17.2 Å².